The quantitative estimate of drug-likeness (QED) is 0.803. The van der Waals surface area contributed by atoms with E-state index in [0.717, 1.165) is 12.0 Å². The topological polar surface area (TPSA) is 55.8 Å². The van der Waals surface area contributed by atoms with Crippen LogP contribution in [0, 0.1) is 11.8 Å². The van der Waals surface area contributed by atoms with Gasteiger partial charge in [-0.2, -0.15) is 0 Å². The van der Waals surface area contributed by atoms with Gasteiger partial charge in [0.1, 0.15) is 6.61 Å². The molecule has 114 valence electrons. The van der Waals surface area contributed by atoms with Gasteiger partial charge in [-0.1, -0.05) is 37.3 Å². The van der Waals surface area contributed by atoms with Gasteiger partial charge in [0.05, 0.1) is 13.0 Å². The molecule has 0 aromatic heterocycles. The Morgan fingerprint density at radius 1 is 1.29 bits per heavy atom. The number of carbonyl (C=O) groups is 2. The first-order valence-corrected chi connectivity index (χ1v) is 7.15. The molecule has 0 aliphatic carbocycles. The molecule has 5 heteroatoms. The second-order valence-electron chi connectivity index (χ2n) is 5.38. The van der Waals surface area contributed by atoms with Crippen LogP contribution in [0.25, 0.3) is 0 Å². The number of benzene rings is 1. The lowest BCUT2D eigenvalue weighted by Crippen LogP contribution is -2.46. The van der Waals surface area contributed by atoms with E-state index in [9.17, 15) is 9.59 Å². The zero-order chi connectivity index (χ0) is 15.2. The molecular weight excluding hydrogens is 270 g/mol. The van der Waals surface area contributed by atoms with Crippen molar-refractivity contribution >= 4 is 12.1 Å². The van der Waals surface area contributed by atoms with Crippen molar-refractivity contribution in [3.63, 3.8) is 0 Å². The summed E-state index contributed by atoms with van der Waals surface area (Å²) < 4.78 is 10.1. The van der Waals surface area contributed by atoms with Crippen molar-refractivity contribution in [3.05, 3.63) is 35.9 Å². The summed E-state index contributed by atoms with van der Waals surface area (Å²) in [5, 5.41) is 0. The van der Waals surface area contributed by atoms with Gasteiger partial charge in [-0.3, -0.25) is 4.79 Å². The molecule has 1 heterocycles. The number of carbonyl (C=O) groups excluding carboxylic acids is 2. The van der Waals surface area contributed by atoms with Crippen LogP contribution in [0.3, 0.4) is 0 Å². The molecule has 2 unspecified atom stereocenters. The zero-order valence-corrected chi connectivity index (χ0v) is 12.5. The second-order valence-corrected chi connectivity index (χ2v) is 5.38. The Morgan fingerprint density at radius 2 is 2.00 bits per heavy atom. The summed E-state index contributed by atoms with van der Waals surface area (Å²) in [6, 6.07) is 9.53. The van der Waals surface area contributed by atoms with Crippen LogP contribution in [0.2, 0.25) is 0 Å². The molecule has 1 aromatic rings. The van der Waals surface area contributed by atoms with E-state index in [1.165, 1.54) is 7.11 Å². The maximum Gasteiger partial charge on any atom is 0.410 e. The molecule has 0 radical (unpaired) electrons. The van der Waals surface area contributed by atoms with E-state index in [0.29, 0.717) is 13.1 Å². The summed E-state index contributed by atoms with van der Waals surface area (Å²) in [5.74, 6) is -0.313. The van der Waals surface area contributed by atoms with Crippen molar-refractivity contribution in [2.24, 2.45) is 11.8 Å². The maximum absolute atomic E-state index is 12.1. The lowest BCUT2D eigenvalue weighted by atomic mass is 9.87. The number of ether oxygens (including phenoxy) is 2. The van der Waals surface area contributed by atoms with Gasteiger partial charge in [0.2, 0.25) is 0 Å². The highest BCUT2D eigenvalue weighted by Crippen LogP contribution is 2.24. The molecule has 0 saturated carbocycles. The molecular formula is C16H21NO4. The minimum atomic E-state index is -0.375. The smallest absolute Gasteiger partial charge is 0.410 e. The van der Waals surface area contributed by atoms with Crippen molar-refractivity contribution in [2.75, 3.05) is 20.2 Å². The molecule has 2 atom stereocenters. The summed E-state index contributed by atoms with van der Waals surface area (Å²) in [7, 11) is 1.38. The van der Waals surface area contributed by atoms with Gasteiger partial charge >= 0.3 is 12.1 Å². The van der Waals surface area contributed by atoms with Crippen LogP contribution in [0.5, 0.6) is 0 Å². The fourth-order valence-electron chi connectivity index (χ4n) is 2.50. The van der Waals surface area contributed by atoms with Gasteiger partial charge < -0.3 is 14.4 Å². The van der Waals surface area contributed by atoms with E-state index in [-0.39, 0.29) is 30.5 Å². The van der Waals surface area contributed by atoms with Crippen LogP contribution in [0.4, 0.5) is 4.79 Å². The number of rotatable bonds is 3. The average Bonchev–Trinajstić information content (AvgIpc) is 2.53. The highest BCUT2D eigenvalue weighted by Gasteiger charge is 2.34. The van der Waals surface area contributed by atoms with Gasteiger partial charge in [-0.05, 0) is 17.9 Å². The second kappa shape index (κ2) is 7.11. The highest BCUT2D eigenvalue weighted by molar-refractivity contribution is 5.75. The van der Waals surface area contributed by atoms with Crippen LogP contribution in [-0.4, -0.2) is 37.2 Å². The largest absolute Gasteiger partial charge is 0.469 e. The van der Waals surface area contributed by atoms with Crippen LogP contribution in [-0.2, 0) is 20.9 Å². The number of hydrogen-bond acceptors (Lipinski definition) is 4. The zero-order valence-electron chi connectivity index (χ0n) is 12.5. The Hall–Kier alpha value is -2.04. The Morgan fingerprint density at radius 3 is 2.67 bits per heavy atom. The SMILES string of the molecule is COC(=O)C1CN(C(=O)OCc2ccccc2)CCC1C. The van der Waals surface area contributed by atoms with E-state index >= 15 is 0 Å². The van der Waals surface area contributed by atoms with E-state index < -0.39 is 0 Å². The molecule has 1 aliphatic heterocycles. The number of likely N-dealkylation sites (tertiary alicyclic amines) is 1. The van der Waals surface area contributed by atoms with Crippen LogP contribution in [0.15, 0.2) is 30.3 Å². The summed E-state index contributed by atoms with van der Waals surface area (Å²) in [6.07, 6.45) is 0.403. The Balaban J connectivity index is 1.89. The van der Waals surface area contributed by atoms with Crippen LogP contribution < -0.4 is 0 Å². The lowest BCUT2D eigenvalue weighted by molar-refractivity contribution is -0.149. The van der Waals surface area contributed by atoms with E-state index in [2.05, 4.69) is 0 Å². The molecule has 0 bridgehead atoms. The van der Waals surface area contributed by atoms with Gasteiger partial charge in [0.15, 0.2) is 0 Å². The molecule has 0 spiro atoms. The molecule has 1 amide bonds. The lowest BCUT2D eigenvalue weighted by Gasteiger charge is -2.34. The van der Waals surface area contributed by atoms with Crippen molar-refractivity contribution in [2.45, 2.75) is 20.0 Å². The first-order valence-electron chi connectivity index (χ1n) is 7.15. The number of piperidine rings is 1. The first-order chi connectivity index (χ1) is 10.1. The number of nitrogens with zero attached hydrogens (tertiary/aromatic N) is 1. The summed E-state index contributed by atoms with van der Waals surface area (Å²) in [6.45, 7) is 3.23. The minimum Gasteiger partial charge on any atom is -0.469 e. The molecule has 1 fully saturated rings. The van der Waals surface area contributed by atoms with E-state index in [4.69, 9.17) is 9.47 Å². The minimum absolute atomic E-state index is 0.218. The van der Waals surface area contributed by atoms with Crippen molar-refractivity contribution in [3.8, 4) is 0 Å². The monoisotopic (exact) mass is 291 g/mol. The Kier molecular flexibility index (Phi) is 5.20. The Labute approximate surface area is 124 Å². The van der Waals surface area contributed by atoms with Crippen molar-refractivity contribution < 1.29 is 19.1 Å². The molecule has 1 aromatic carbocycles. The number of amides is 1. The summed E-state index contributed by atoms with van der Waals surface area (Å²) in [4.78, 5) is 25.4. The molecule has 0 N–H and O–H groups in total. The average molecular weight is 291 g/mol. The standard InChI is InChI=1S/C16H21NO4/c1-12-8-9-17(10-14(12)15(18)20-2)16(19)21-11-13-6-4-3-5-7-13/h3-7,12,14H,8-11H2,1-2H3. The van der Waals surface area contributed by atoms with Gasteiger partial charge in [0, 0.05) is 13.1 Å². The molecule has 21 heavy (non-hydrogen) atoms. The van der Waals surface area contributed by atoms with Gasteiger partial charge in [0.25, 0.3) is 0 Å². The number of hydrogen-bond donors (Lipinski definition) is 0. The summed E-state index contributed by atoms with van der Waals surface area (Å²) >= 11 is 0. The third-order valence-corrected chi connectivity index (χ3v) is 3.93. The first kappa shape index (κ1) is 15.4. The van der Waals surface area contributed by atoms with Crippen LogP contribution >= 0.6 is 0 Å². The van der Waals surface area contributed by atoms with Crippen molar-refractivity contribution in [1.82, 2.24) is 4.90 Å². The van der Waals surface area contributed by atoms with Gasteiger partial charge in [-0.15, -0.1) is 0 Å². The third kappa shape index (κ3) is 3.97. The predicted molar refractivity (Wildman–Crippen MR) is 77.5 cm³/mol. The van der Waals surface area contributed by atoms with Crippen molar-refractivity contribution in [1.29, 1.82) is 0 Å². The van der Waals surface area contributed by atoms with E-state index in [1.807, 2.05) is 37.3 Å². The normalized spacial score (nSPS) is 21.7. The predicted octanol–water partition coefficient (Wildman–Crippen LogP) is 2.45. The molecule has 1 saturated heterocycles. The van der Waals surface area contributed by atoms with Gasteiger partial charge in [-0.25, -0.2) is 4.79 Å². The molecule has 1 aliphatic rings. The Bertz CT molecular complexity index is 488. The number of esters is 1. The fourth-order valence-corrected chi connectivity index (χ4v) is 2.50. The number of methoxy groups -OCH3 is 1. The highest BCUT2D eigenvalue weighted by atomic mass is 16.6. The molecule has 2 rings (SSSR count). The molecule has 5 nitrogen and oxygen atoms in total. The van der Waals surface area contributed by atoms with E-state index in [1.54, 1.807) is 4.90 Å². The maximum atomic E-state index is 12.1. The fraction of sp³-hybridized carbons (Fsp3) is 0.500. The summed E-state index contributed by atoms with van der Waals surface area (Å²) in [5.41, 5.74) is 0.945. The third-order valence-electron chi connectivity index (χ3n) is 3.93. The van der Waals surface area contributed by atoms with Crippen LogP contribution in [0.1, 0.15) is 18.9 Å².